The van der Waals surface area contributed by atoms with Crippen molar-refractivity contribution in [3.05, 3.63) is 52.5 Å². The van der Waals surface area contributed by atoms with Crippen molar-refractivity contribution < 1.29 is 9.47 Å². The lowest BCUT2D eigenvalue weighted by atomic mass is 10.1. The van der Waals surface area contributed by atoms with Gasteiger partial charge in [-0.1, -0.05) is 11.6 Å². The Balaban J connectivity index is 2.22. The molecule has 0 spiro atoms. The van der Waals surface area contributed by atoms with Crippen LogP contribution in [0.15, 0.2) is 36.4 Å². The van der Waals surface area contributed by atoms with Gasteiger partial charge in [0.15, 0.2) is 0 Å². The summed E-state index contributed by atoms with van der Waals surface area (Å²) in [6.45, 7) is 0.492. The van der Waals surface area contributed by atoms with Gasteiger partial charge in [0.1, 0.15) is 11.5 Å². The minimum atomic E-state index is 0.492. The van der Waals surface area contributed by atoms with E-state index in [0.29, 0.717) is 17.1 Å². The molecule has 0 fully saturated rings. The standard InChI is InChI=1S/C16H15ClN2O2/c1-20-13-4-5-14(17)15(8-13)19-10-12-7-11(9-18)3-6-16(12)21-2/h3-8,19H,10H2,1-2H3. The Kier molecular flexibility index (Phi) is 4.91. The Morgan fingerprint density at radius 3 is 2.62 bits per heavy atom. The van der Waals surface area contributed by atoms with Crippen molar-refractivity contribution in [2.75, 3.05) is 19.5 Å². The molecule has 21 heavy (non-hydrogen) atoms. The third-order valence-electron chi connectivity index (χ3n) is 3.05. The Hall–Kier alpha value is -2.38. The number of hydrogen-bond acceptors (Lipinski definition) is 4. The number of ether oxygens (including phenoxy) is 2. The first-order valence-electron chi connectivity index (χ1n) is 6.32. The lowest BCUT2D eigenvalue weighted by Gasteiger charge is -2.13. The predicted molar refractivity (Wildman–Crippen MR) is 83.0 cm³/mol. The van der Waals surface area contributed by atoms with Crippen molar-refractivity contribution in [1.82, 2.24) is 0 Å². The quantitative estimate of drug-likeness (QED) is 0.911. The second kappa shape index (κ2) is 6.87. The Morgan fingerprint density at radius 1 is 1.14 bits per heavy atom. The first-order chi connectivity index (χ1) is 10.2. The highest BCUT2D eigenvalue weighted by atomic mass is 35.5. The van der Waals surface area contributed by atoms with Crippen LogP contribution in [0.1, 0.15) is 11.1 Å². The van der Waals surface area contributed by atoms with Crippen molar-refractivity contribution in [2.24, 2.45) is 0 Å². The van der Waals surface area contributed by atoms with E-state index in [-0.39, 0.29) is 0 Å². The third kappa shape index (κ3) is 3.59. The van der Waals surface area contributed by atoms with E-state index in [9.17, 15) is 0 Å². The molecule has 0 unspecified atom stereocenters. The van der Waals surface area contributed by atoms with E-state index in [1.807, 2.05) is 6.07 Å². The maximum absolute atomic E-state index is 8.97. The summed E-state index contributed by atoms with van der Waals surface area (Å²) in [7, 11) is 3.20. The normalized spacial score (nSPS) is 9.81. The van der Waals surface area contributed by atoms with Crippen LogP contribution in [-0.4, -0.2) is 14.2 Å². The van der Waals surface area contributed by atoms with Gasteiger partial charge in [-0.05, 0) is 30.3 Å². The second-order valence-electron chi connectivity index (χ2n) is 4.34. The molecule has 0 aliphatic rings. The Morgan fingerprint density at radius 2 is 1.95 bits per heavy atom. The van der Waals surface area contributed by atoms with E-state index < -0.39 is 0 Å². The third-order valence-corrected chi connectivity index (χ3v) is 3.38. The fourth-order valence-corrected chi connectivity index (χ4v) is 2.13. The molecule has 1 N–H and O–H groups in total. The summed E-state index contributed by atoms with van der Waals surface area (Å²) < 4.78 is 10.5. The number of methoxy groups -OCH3 is 2. The molecule has 0 radical (unpaired) electrons. The number of anilines is 1. The molecule has 0 aliphatic heterocycles. The summed E-state index contributed by atoms with van der Waals surface area (Å²) in [5.41, 5.74) is 2.24. The van der Waals surface area contributed by atoms with Gasteiger partial charge in [0, 0.05) is 18.2 Å². The zero-order valence-corrected chi connectivity index (χ0v) is 12.6. The zero-order chi connectivity index (χ0) is 15.2. The van der Waals surface area contributed by atoms with Crippen LogP contribution in [0.3, 0.4) is 0 Å². The van der Waals surface area contributed by atoms with Crippen LogP contribution < -0.4 is 14.8 Å². The van der Waals surface area contributed by atoms with Crippen LogP contribution in [0.4, 0.5) is 5.69 Å². The van der Waals surface area contributed by atoms with Crippen molar-refractivity contribution in [2.45, 2.75) is 6.54 Å². The number of nitrogens with one attached hydrogen (secondary N) is 1. The van der Waals surface area contributed by atoms with E-state index in [1.54, 1.807) is 44.6 Å². The summed E-state index contributed by atoms with van der Waals surface area (Å²) in [6, 6.07) is 12.8. The highest BCUT2D eigenvalue weighted by molar-refractivity contribution is 6.33. The van der Waals surface area contributed by atoms with Crippen LogP contribution >= 0.6 is 11.6 Å². The lowest BCUT2D eigenvalue weighted by Crippen LogP contribution is -2.03. The molecule has 0 heterocycles. The molecule has 108 valence electrons. The van der Waals surface area contributed by atoms with Gasteiger partial charge < -0.3 is 14.8 Å². The molecule has 2 aromatic rings. The van der Waals surface area contributed by atoms with Crippen molar-refractivity contribution in [1.29, 1.82) is 5.26 Å². The molecule has 2 rings (SSSR count). The number of hydrogen-bond donors (Lipinski definition) is 1. The predicted octanol–water partition coefficient (Wildman–Crippen LogP) is 3.84. The van der Waals surface area contributed by atoms with Crippen LogP contribution in [0.25, 0.3) is 0 Å². The van der Waals surface area contributed by atoms with Gasteiger partial charge in [-0.15, -0.1) is 0 Å². The van der Waals surface area contributed by atoms with Crippen LogP contribution in [0, 0.1) is 11.3 Å². The fraction of sp³-hybridized carbons (Fsp3) is 0.188. The van der Waals surface area contributed by atoms with Gasteiger partial charge in [-0.2, -0.15) is 5.26 Å². The van der Waals surface area contributed by atoms with Crippen molar-refractivity contribution in [3.63, 3.8) is 0 Å². The van der Waals surface area contributed by atoms with E-state index >= 15 is 0 Å². The van der Waals surface area contributed by atoms with Gasteiger partial charge >= 0.3 is 0 Å². The summed E-state index contributed by atoms with van der Waals surface area (Å²) in [5.74, 6) is 1.44. The molecule has 4 nitrogen and oxygen atoms in total. The summed E-state index contributed by atoms with van der Waals surface area (Å²) >= 11 is 6.15. The van der Waals surface area contributed by atoms with E-state index in [0.717, 1.165) is 22.7 Å². The lowest BCUT2D eigenvalue weighted by molar-refractivity contribution is 0.410. The van der Waals surface area contributed by atoms with E-state index in [1.165, 1.54) is 0 Å². The maximum Gasteiger partial charge on any atom is 0.123 e. The van der Waals surface area contributed by atoms with Crippen LogP contribution in [0.5, 0.6) is 11.5 Å². The highest BCUT2D eigenvalue weighted by Crippen LogP contribution is 2.28. The maximum atomic E-state index is 8.97. The second-order valence-corrected chi connectivity index (χ2v) is 4.74. The topological polar surface area (TPSA) is 54.3 Å². The molecule has 0 saturated heterocycles. The number of benzene rings is 2. The molecule has 0 saturated carbocycles. The number of nitrogens with zero attached hydrogens (tertiary/aromatic N) is 1. The molecule has 0 amide bonds. The minimum Gasteiger partial charge on any atom is -0.497 e. The average Bonchev–Trinajstić information content (AvgIpc) is 2.53. The molecular formula is C16H15ClN2O2. The number of nitriles is 1. The van der Waals surface area contributed by atoms with Crippen LogP contribution in [-0.2, 0) is 6.54 Å². The summed E-state index contributed by atoms with van der Waals surface area (Å²) in [6.07, 6.45) is 0. The smallest absolute Gasteiger partial charge is 0.123 e. The van der Waals surface area contributed by atoms with Crippen molar-refractivity contribution >= 4 is 17.3 Å². The molecule has 0 aromatic heterocycles. The molecule has 5 heteroatoms. The average molecular weight is 303 g/mol. The molecule has 2 aromatic carbocycles. The first-order valence-corrected chi connectivity index (χ1v) is 6.70. The molecule has 0 bridgehead atoms. The molecule has 0 atom stereocenters. The van der Waals surface area contributed by atoms with Crippen molar-refractivity contribution in [3.8, 4) is 17.6 Å². The van der Waals surface area contributed by atoms with E-state index in [4.69, 9.17) is 26.3 Å². The highest BCUT2D eigenvalue weighted by Gasteiger charge is 2.07. The Labute approximate surface area is 128 Å². The van der Waals surface area contributed by atoms with Crippen LogP contribution in [0.2, 0.25) is 5.02 Å². The number of halogens is 1. The first kappa shape index (κ1) is 15.0. The number of rotatable bonds is 5. The zero-order valence-electron chi connectivity index (χ0n) is 11.8. The van der Waals surface area contributed by atoms with Gasteiger partial charge in [-0.3, -0.25) is 0 Å². The fourth-order valence-electron chi connectivity index (χ4n) is 1.94. The largest absolute Gasteiger partial charge is 0.497 e. The van der Waals surface area contributed by atoms with E-state index in [2.05, 4.69) is 11.4 Å². The van der Waals surface area contributed by atoms with Gasteiger partial charge in [-0.25, -0.2) is 0 Å². The SMILES string of the molecule is COc1ccc(Cl)c(NCc2cc(C#N)ccc2OC)c1. The molecule has 0 aliphatic carbocycles. The Bertz CT molecular complexity index is 680. The summed E-state index contributed by atoms with van der Waals surface area (Å²) in [4.78, 5) is 0. The minimum absolute atomic E-state index is 0.492. The van der Waals surface area contributed by atoms with Gasteiger partial charge in [0.05, 0.1) is 36.6 Å². The monoisotopic (exact) mass is 302 g/mol. The molecular weight excluding hydrogens is 288 g/mol. The van der Waals surface area contributed by atoms with Gasteiger partial charge in [0.25, 0.3) is 0 Å². The van der Waals surface area contributed by atoms with Gasteiger partial charge in [0.2, 0.25) is 0 Å². The summed E-state index contributed by atoms with van der Waals surface area (Å²) in [5, 5.41) is 12.8.